The number of aryl methyl sites for hydroxylation is 1. The van der Waals surface area contributed by atoms with Crippen molar-refractivity contribution in [2.75, 3.05) is 26.2 Å². The van der Waals surface area contributed by atoms with Gasteiger partial charge in [-0.1, -0.05) is 29.8 Å². The first kappa shape index (κ1) is 16.9. The van der Waals surface area contributed by atoms with Crippen LogP contribution in [0.4, 0.5) is 0 Å². The summed E-state index contributed by atoms with van der Waals surface area (Å²) in [6.07, 6.45) is 0. The lowest BCUT2D eigenvalue weighted by molar-refractivity contribution is -0.130. The van der Waals surface area contributed by atoms with Crippen molar-refractivity contribution < 1.29 is 9.59 Å². The van der Waals surface area contributed by atoms with Crippen LogP contribution in [0.3, 0.4) is 0 Å². The molecule has 1 aliphatic heterocycles. The Hall–Kier alpha value is -2.96. The number of benzene rings is 1. The number of hydrogen-bond donors (Lipinski definition) is 1. The number of aromatic nitrogens is 2. The Morgan fingerprint density at radius 3 is 2.24 bits per heavy atom. The van der Waals surface area contributed by atoms with Crippen LogP contribution < -0.4 is 5.69 Å². The Morgan fingerprint density at radius 1 is 1.04 bits per heavy atom. The van der Waals surface area contributed by atoms with Crippen molar-refractivity contribution in [3.8, 4) is 11.3 Å². The molecule has 2 aromatic rings. The van der Waals surface area contributed by atoms with Gasteiger partial charge in [-0.2, -0.15) is 4.98 Å². The second kappa shape index (κ2) is 6.88. The largest absolute Gasteiger partial charge is 0.346 e. The lowest BCUT2D eigenvalue weighted by Gasteiger charge is -2.34. The molecule has 7 nitrogen and oxygen atoms in total. The Balaban J connectivity index is 1.83. The summed E-state index contributed by atoms with van der Waals surface area (Å²) < 4.78 is 0. The zero-order valence-electron chi connectivity index (χ0n) is 14.3. The first-order valence-corrected chi connectivity index (χ1v) is 8.17. The summed E-state index contributed by atoms with van der Waals surface area (Å²) in [5.74, 6) is -0.248. The van der Waals surface area contributed by atoms with Gasteiger partial charge >= 0.3 is 5.69 Å². The van der Waals surface area contributed by atoms with Crippen LogP contribution in [0.15, 0.2) is 35.1 Å². The number of carbonyl (C=O) groups is 2. The average Bonchev–Trinajstić information content (AvgIpc) is 2.61. The molecule has 0 radical (unpaired) electrons. The number of piperazine rings is 1. The van der Waals surface area contributed by atoms with Crippen molar-refractivity contribution in [3.63, 3.8) is 0 Å². The molecule has 7 heteroatoms. The number of hydrogen-bond acceptors (Lipinski definition) is 4. The standard InChI is InChI=1S/C18H20N4O3/c1-12-3-5-14(6-4-12)15-11-16(20-18(25)19-15)17(24)22-9-7-21(8-10-22)13(2)23/h3-6,11H,7-10H2,1-2H3,(H,19,20,25). The minimum atomic E-state index is -0.552. The summed E-state index contributed by atoms with van der Waals surface area (Å²) in [5.41, 5.74) is 2.02. The smallest absolute Gasteiger partial charge is 0.339 e. The predicted octanol–water partition coefficient (Wildman–Crippen LogP) is 1.05. The van der Waals surface area contributed by atoms with E-state index in [1.807, 2.05) is 31.2 Å². The second-order valence-electron chi connectivity index (χ2n) is 6.15. The number of amides is 2. The molecule has 1 saturated heterocycles. The molecule has 1 fully saturated rings. The molecule has 25 heavy (non-hydrogen) atoms. The predicted molar refractivity (Wildman–Crippen MR) is 93.2 cm³/mol. The van der Waals surface area contributed by atoms with E-state index in [9.17, 15) is 14.4 Å². The second-order valence-corrected chi connectivity index (χ2v) is 6.15. The molecule has 0 unspecified atom stereocenters. The van der Waals surface area contributed by atoms with Crippen molar-refractivity contribution >= 4 is 11.8 Å². The van der Waals surface area contributed by atoms with Crippen LogP contribution in [0.2, 0.25) is 0 Å². The molecule has 1 aromatic carbocycles. The third-order valence-electron chi connectivity index (χ3n) is 4.33. The number of rotatable bonds is 2. The molecule has 1 aromatic heterocycles. The van der Waals surface area contributed by atoms with Gasteiger partial charge in [-0.15, -0.1) is 0 Å². The molecule has 2 amide bonds. The molecule has 1 N–H and O–H groups in total. The monoisotopic (exact) mass is 340 g/mol. The maximum atomic E-state index is 12.7. The van der Waals surface area contributed by atoms with Gasteiger partial charge in [-0.25, -0.2) is 4.79 Å². The van der Waals surface area contributed by atoms with Crippen LogP contribution >= 0.6 is 0 Å². The SMILES string of the molecule is CC(=O)N1CCN(C(=O)c2cc(-c3ccc(C)cc3)nc(=O)[nH]2)CC1. The van der Waals surface area contributed by atoms with Crippen molar-refractivity contribution in [1.29, 1.82) is 0 Å². The zero-order valence-corrected chi connectivity index (χ0v) is 14.3. The van der Waals surface area contributed by atoms with Gasteiger partial charge < -0.3 is 14.8 Å². The van der Waals surface area contributed by atoms with Gasteiger partial charge in [0.1, 0.15) is 5.69 Å². The molecule has 1 aliphatic rings. The number of nitrogens with one attached hydrogen (secondary N) is 1. The van der Waals surface area contributed by atoms with E-state index in [0.29, 0.717) is 31.9 Å². The summed E-state index contributed by atoms with van der Waals surface area (Å²) in [6.45, 7) is 5.39. The van der Waals surface area contributed by atoms with Crippen molar-refractivity contribution in [3.05, 3.63) is 52.1 Å². The minimum Gasteiger partial charge on any atom is -0.339 e. The van der Waals surface area contributed by atoms with Crippen LogP contribution in [-0.4, -0.2) is 57.8 Å². The van der Waals surface area contributed by atoms with E-state index in [2.05, 4.69) is 9.97 Å². The van der Waals surface area contributed by atoms with Crippen LogP contribution in [0, 0.1) is 6.92 Å². The molecule has 130 valence electrons. The Morgan fingerprint density at radius 2 is 1.64 bits per heavy atom. The van der Waals surface area contributed by atoms with Gasteiger partial charge in [0.25, 0.3) is 5.91 Å². The summed E-state index contributed by atoms with van der Waals surface area (Å²) in [6, 6.07) is 9.21. The highest BCUT2D eigenvalue weighted by Crippen LogP contribution is 2.17. The van der Waals surface area contributed by atoms with E-state index >= 15 is 0 Å². The number of nitrogens with zero attached hydrogens (tertiary/aromatic N) is 3. The number of H-pyrrole nitrogens is 1. The maximum absolute atomic E-state index is 12.7. The lowest BCUT2D eigenvalue weighted by Crippen LogP contribution is -2.50. The molecule has 3 rings (SSSR count). The van der Waals surface area contributed by atoms with Crippen LogP contribution in [0.1, 0.15) is 23.0 Å². The molecule has 0 bridgehead atoms. The third-order valence-corrected chi connectivity index (χ3v) is 4.33. The van der Waals surface area contributed by atoms with Gasteiger partial charge in [0.15, 0.2) is 0 Å². The van der Waals surface area contributed by atoms with E-state index < -0.39 is 5.69 Å². The maximum Gasteiger partial charge on any atom is 0.346 e. The first-order valence-electron chi connectivity index (χ1n) is 8.17. The highest BCUT2D eigenvalue weighted by Gasteiger charge is 2.24. The van der Waals surface area contributed by atoms with E-state index in [-0.39, 0.29) is 17.5 Å². The van der Waals surface area contributed by atoms with Gasteiger partial charge in [0, 0.05) is 38.7 Å². The highest BCUT2D eigenvalue weighted by molar-refractivity contribution is 5.93. The van der Waals surface area contributed by atoms with Crippen molar-refractivity contribution in [2.24, 2.45) is 0 Å². The fourth-order valence-corrected chi connectivity index (χ4v) is 2.84. The fourth-order valence-electron chi connectivity index (χ4n) is 2.84. The van der Waals surface area contributed by atoms with Gasteiger partial charge in [-0.05, 0) is 13.0 Å². The summed E-state index contributed by atoms with van der Waals surface area (Å²) in [5, 5.41) is 0. The molecule has 0 atom stereocenters. The summed E-state index contributed by atoms with van der Waals surface area (Å²) >= 11 is 0. The summed E-state index contributed by atoms with van der Waals surface area (Å²) in [4.78, 5) is 45.8. The Kier molecular flexibility index (Phi) is 4.65. The zero-order chi connectivity index (χ0) is 18.0. The van der Waals surface area contributed by atoms with E-state index in [1.165, 1.54) is 6.92 Å². The van der Waals surface area contributed by atoms with Crippen molar-refractivity contribution in [1.82, 2.24) is 19.8 Å². The molecule has 2 heterocycles. The van der Waals surface area contributed by atoms with Crippen LogP contribution in [0.25, 0.3) is 11.3 Å². The minimum absolute atomic E-state index is 0.00562. The van der Waals surface area contributed by atoms with E-state index in [1.54, 1.807) is 15.9 Å². The van der Waals surface area contributed by atoms with Crippen molar-refractivity contribution in [2.45, 2.75) is 13.8 Å². The number of carbonyl (C=O) groups excluding carboxylic acids is 2. The molecular weight excluding hydrogens is 320 g/mol. The lowest BCUT2D eigenvalue weighted by atomic mass is 10.1. The normalized spacial score (nSPS) is 14.5. The van der Waals surface area contributed by atoms with Gasteiger partial charge in [-0.3, -0.25) is 9.59 Å². The number of aromatic amines is 1. The highest BCUT2D eigenvalue weighted by atomic mass is 16.2. The fraction of sp³-hybridized carbons (Fsp3) is 0.333. The molecule has 0 saturated carbocycles. The third kappa shape index (κ3) is 3.76. The topological polar surface area (TPSA) is 86.4 Å². The van der Waals surface area contributed by atoms with Crippen LogP contribution in [0.5, 0.6) is 0 Å². The van der Waals surface area contributed by atoms with Gasteiger partial charge in [0.05, 0.1) is 5.69 Å². The Labute approximate surface area is 145 Å². The first-order chi connectivity index (χ1) is 11.9. The van der Waals surface area contributed by atoms with E-state index in [4.69, 9.17) is 0 Å². The molecule has 0 aliphatic carbocycles. The Bertz CT molecular complexity index is 849. The average molecular weight is 340 g/mol. The molecular formula is C18H20N4O3. The molecule has 0 spiro atoms. The quantitative estimate of drug-likeness (QED) is 0.885. The van der Waals surface area contributed by atoms with Gasteiger partial charge in [0.2, 0.25) is 5.91 Å². The summed E-state index contributed by atoms with van der Waals surface area (Å²) in [7, 11) is 0. The van der Waals surface area contributed by atoms with E-state index in [0.717, 1.165) is 11.1 Å². The van der Waals surface area contributed by atoms with Crippen LogP contribution in [-0.2, 0) is 4.79 Å².